The lowest BCUT2D eigenvalue weighted by Gasteiger charge is -2.11. The highest BCUT2D eigenvalue weighted by atomic mass is 32.2. The summed E-state index contributed by atoms with van der Waals surface area (Å²) < 4.78 is 5.31. The third kappa shape index (κ3) is 5.32. The van der Waals surface area contributed by atoms with Gasteiger partial charge in [-0.05, 0) is 29.9 Å². The summed E-state index contributed by atoms with van der Waals surface area (Å²) >= 11 is 1.74. The Bertz CT molecular complexity index is 634. The molecule has 2 rings (SSSR count). The molecule has 2 N–H and O–H groups in total. The number of aliphatic imine (C=N–C) groups is 1. The lowest BCUT2D eigenvalue weighted by Crippen LogP contribution is -2.36. The zero-order chi connectivity index (χ0) is 16.7. The molecule has 1 aromatic heterocycles. The molecule has 23 heavy (non-hydrogen) atoms. The van der Waals surface area contributed by atoms with Gasteiger partial charge in [-0.25, -0.2) is 0 Å². The molecule has 0 spiro atoms. The van der Waals surface area contributed by atoms with Crippen LogP contribution in [-0.4, -0.2) is 24.4 Å². The Kier molecular flexibility index (Phi) is 6.52. The maximum absolute atomic E-state index is 5.31. The lowest BCUT2D eigenvalue weighted by molar-refractivity contribution is 0.372. The van der Waals surface area contributed by atoms with E-state index in [1.165, 1.54) is 10.5 Å². The molecule has 0 saturated heterocycles. The molecular formula is C17H24N4OS. The number of thioether (sulfide) groups is 1. The van der Waals surface area contributed by atoms with Crippen LogP contribution in [0.15, 0.2) is 44.7 Å². The quantitative estimate of drug-likeness (QED) is 0.482. The molecule has 0 amide bonds. The molecule has 0 radical (unpaired) electrons. The van der Waals surface area contributed by atoms with Gasteiger partial charge in [0.2, 0.25) is 0 Å². The van der Waals surface area contributed by atoms with E-state index < -0.39 is 0 Å². The van der Waals surface area contributed by atoms with Crippen molar-refractivity contribution in [1.29, 1.82) is 0 Å². The third-order valence-corrected chi connectivity index (χ3v) is 4.18. The molecule has 5 nitrogen and oxygen atoms in total. The molecule has 0 aliphatic carbocycles. The summed E-state index contributed by atoms with van der Waals surface area (Å²) in [4.78, 5) is 5.49. The highest BCUT2D eigenvalue weighted by Crippen LogP contribution is 2.15. The van der Waals surface area contributed by atoms with Crippen molar-refractivity contribution in [3.63, 3.8) is 0 Å². The van der Waals surface area contributed by atoms with Crippen LogP contribution in [0.2, 0.25) is 0 Å². The first-order valence-corrected chi connectivity index (χ1v) is 8.87. The van der Waals surface area contributed by atoms with Gasteiger partial charge in [0.15, 0.2) is 11.7 Å². The summed E-state index contributed by atoms with van der Waals surface area (Å²) in [7, 11) is 1.76. The molecular weight excluding hydrogens is 308 g/mol. The second-order valence-electron chi connectivity index (χ2n) is 5.50. The average molecular weight is 332 g/mol. The average Bonchev–Trinajstić information content (AvgIpc) is 3.05. The van der Waals surface area contributed by atoms with Gasteiger partial charge in [-0.1, -0.05) is 31.1 Å². The van der Waals surface area contributed by atoms with Crippen LogP contribution in [0.4, 0.5) is 0 Å². The van der Waals surface area contributed by atoms with Crippen LogP contribution in [0.25, 0.3) is 0 Å². The zero-order valence-corrected chi connectivity index (χ0v) is 14.9. The second-order valence-corrected chi connectivity index (χ2v) is 6.38. The van der Waals surface area contributed by atoms with Crippen molar-refractivity contribution in [3.05, 3.63) is 47.3 Å². The van der Waals surface area contributed by atoms with Crippen LogP contribution in [0.5, 0.6) is 0 Å². The first kappa shape index (κ1) is 17.4. The van der Waals surface area contributed by atoms with Gasteiger partial charge in [0.05, 0.1) is 12.2 Å². The molecule has 0 fully saturated rings. The van der Waals surface area contributed by atoms with E-state index in [4.69, 9.17) is 4.52 Å². The van der Waals surface area contributed by atoms with Crippen molar-refractivity contribution in [2.75, 3.05) is 13.3 Å². The summed E-state index contributed by atoms with van der Waals surface area (Å²) in [5.41, 5.74) is 2.19. The van der Waals surface area contributed by atoms with Crippen molar-refractivity contribution in [3.8, 4) is 0 Å². The fourth-order valence-electron chi connectivity index (χ4n) is 2.00. The summed E-state index contributed by atoms with van der Waals surface area (Å²) in [6, 6.07) is 10.5. The van der Waals surface area contributed by atoms with Gasteiger partial charge in [0.1, 0.15) is 0 Å². The number of nitrogens with zero attached hydrogens (tertiary/aromatic N) is 2. The van der Waals surface area contributed by atoms with E-state index >= 15 is 0 Å². The van der Waals surface area contributed by atoms with Gasteiger partial charge < -0.3 is 15.2 Å². The maximum atomic E-state index is 5.31. The van der Waals surface area contributed by atoms with Gasteiger partial charge in [-0.3, -0.25) is 4.99 Å². The number of rotatable bonds is 6. The van der Waals surface area contributed by atoms with E-state index in [9.17, 15) is 0 Å². The van der Waals surface area contributed by atoms with Crippen LogP contribution in [0, 0.1) is 0 Å². The van der Waals surface area contributed by atoms with E-state index in [0.29, 0.717) is 12.5 Å². The highest BCUT2D eigenvalue weighted by Gasteiger charge is 2.08. The minimum Gasteiger partial charge on any atom is -0.359 e. The van der Waals surface area contributed by atoms with Crippen molar-refractivity contribution in [2.24, 2.45) is 4.99 Å². The fraction of sp³-hybridized carbons (Fsp3) is 0.412. The van der Waals surface area contributed by atoms with Crippen LogP contribution in [0.1, 0.15) is 36.8 Å². The molecule has 1 heterocycles. The number of nitrogens with one attached hydrogen (secondary N) is 2. The third-order valence-electron chi connectivity index (χ3n) is 3.44. The smallest absolute Gasteiger partial charge is 0.191 e. The Morgan fingerprint density at radius 1 is 1.22 bits per heavy atom. The minimum absolute atomic E-state index is 0.370. The van der Waals surface area contributed by atoms with Crippen molar-refractivity contribution in [2.45, 2.75) is 37.8 Å². The Morgan fingerprint density at radius 3 is 2.48 bits per heavy atom. The van der Waals surface area contributed by atoms with Gasteiger partial charge in [0, 0.05) is 24.6 Å². The van der Waals surface area contributed by atoms with Crippen LogP contribution in [-0.2, 0) is 13.1 Å². The van der Waals surface area contributed by atoms with Gasteiger partial charge in [-0.15, -0.1) is 11.8 Å². The Hall–Kier alpha value is -1.95. The predicted octanol–water partition coefficient (Wildman–Crippen LogP) is 3.39. The van der Waals surface area contributed by atoms with Crippen molar-refractivity contribution in [1.82, 2.24) is 15.8 Å². The molecule has 1 aromatic carbocycles. The Morgan fingerprint density at radius 2 is 1.91 bits per heavy atom. The standard InChI is InChI=1S/C17H24N4OS/c1-12(2)16-9-14(22-21-16)11-20-17(18-3)19-10-13-5-7-15(23-4)8-6-13/h5-9,12H,10-11H2,1-4H3,(H2,18,19,20). The van der Waals surface area contributed by atoms with E-state index in [0.717, 1.165) is 24.0 Å². The number of aromatic nitrogens is 1. The van der Waals surface area contributed by atoms with Crippen molar-refractivity contribution < 1.29 is 4.52 Å². The van der Waals surface area contributed by atoms with E-state index in [1.807, 2.05) is 6.07 Å². The van der Waals surface area contributed by atoms with Gasteiger partial charge in [0.25, 0.3) is 0 Å². The molecule has 0 unspecified atom stereocenters. The molecule has 6 heteroatoms. The molecule has 0 aliphatic rings. The van der Waals surface area contributed by atoms with Crippen LogP contribution >= 0.6 is 11.8 Å². The maximum Gasteiger partial charge on any atom is 0.191 e. The topological polar surface area (TPSA) is 62.5 Å². The van der Waals surface area contributed by atoms with E-state index in [2.05, 4.69) is 65.2 Å². The van der Waals surface area contributed by atoms with E-state index in [1.54, 1.807) is 18.8 Å². The lowest BCUT2D eigenvalue weighted by atomic mass is 10.1. The second kappa shape index (κ2) is 8.62. The predicted molar refractivity (Wildman–Crippen MR) is 95.9 cm³/mol. The van der Waals surface area contributed by atoms with Crippen LogP contribution < -0.4 is 10.6 Å². The van der Waals surface area contributed by atoms with Gasteiger partial charge in [-0.2, -0.15) is 0 Å². The monoisotopic (exact) mass is 332 g/mol. The number of benzene rings is 1. The fourth-order valence-corrected chi connectivity index (χ4v) is 2.41. The highest BCUT2D eigenvalue weighted by molar-refractivity contribution is 7.98. The van der Waals surface area contributed by atoms with E-state index in [-0.39, 0.29) is 0 Å². The Labute approximate surface area is 141 Å². The number of hydrogen-bond acceptors (Lipinski definition) is 4. The summed E-state index contributed by atoms with van der Waals surface area (Å²) in [5.74, 6) is 1.91. The summed E-state index contributed by atoms with van der Waals surface area (Å²) in [6.45, 7) is 5.47. The Balaban J connectivity index is 1.82. The normalized spacial score (nSPS) is 11.8. The molecule has 124 valence electrons. The number of guanidine groups is 1. The summed E-state index contributed by atoms with van der Waals surface area (Å²) in [5, 5.41) is 10.6. The first-order valence-electron chi connectivity index (χ1n) is 7.65. The van der Waals surface area contributed by atoms with Crippen LogP contribution in [0.3, 0.4) is 0 Å². The summed E-state index contributed by atoms with van der Waals surface area (Å²) in [6.07, 6.45) is 2.08. The SMILES string of the molecule is CN=C(NCc1ccc(SC)cc1)NCc1cc(C(C)C)no1. The largest absolute Gasteiger partial charge is 0.359 e. The molecule has 0 atom stereocenters. The first-order chi connectivity index (χ1) is 11.1. The molecule has 2 aromatic rings. The zero-order valence-electron chi connectivity index (χ0n) is 14.1. The molecule has 0 aliphatic heterocycles. The van der Waals surface area contributed by atoms with Gasteiger partial charge >= 0.3 is 0 Å². The number of hydrogen-bond donors (Lipinski definition) is 2. The van der Waals surface area contributed by atoms with Crippen molar-refractivity contribution >= 4 is 17.7 Å². The molecule has 0 bridgehead atoms. The minimum atomic E-state index is 0.370. The molecule has 0 saturated carbocycles.